The molecule has 0 bridgehead atoms. The van der Waals surface area contributed by atoms with E-state index in [2.05, 4.69) is 37.8 Å². The molecule has 1 N–H and O–H groups in total. The molecule has 1 fully saturated rings. The summed E-state index contributed by atoms with van der Waals surface area (Å²) in [5.41, 5.74) is 0.711. The third-order valence-electron chi connectivity index (χ3n) is 3.34. The zero-order valence-electron chi connectivity index (χ0n) is 11.1. The Morgan fingerprint density at radius 1 is 1.74 bits per heavy atom. The molecule has 1 saturated heterocycles. The van der Waals surface area contributed by atoms with Gasteiger partial charge in [-0.1, -0.05) is 6.08 Å². The van der Waals surface area contributed by atoms with Crippen LogP contribution in [0.15, 0.2) is 28.1 Å². The quantitative estimate of drug-likeness (QED) is 0.830. The van der Waals surface area contributed by atoms with Crippen LogP contribution in [0, 0.1) is 0 Å². The van der Waals surface area contributed by atoms with E-state index in [0.29, 0.717) is 17.1 Å². The SMILES string of the molecule is C=CCn1ncc(N(C)CC2CCCN2)c(Br)c1=O. The second-order valence-electron chi connectivity index (χ2n) is 4.79. The van der Waals surface area contributed by atoms with E-state index in [0.717, 1.165) is 18.8 Å². The third kappa shape index (κ3) is 3.25. The lowest BCUT2D eigenvalue weighted by Gasteiger charge is -2.24. The van der Waals surface area contributed by atoms with Gasteiger partial charge in [-0.05, 0) is 35.3 Å². The van der Waals surface area contributed by atoms with Crippen LogP contribution < -0.4 is 15.8 Å². The largest absolute Gasteiger partial charge is 0.371 e. The van der Waals surface area contributed by atoms with Gasteiger partial charge in [0.1, 0.15) is 4.47 Å². The summed E-state index contributed by atoms with van der Waals surface area (Å²) in [5.74, 6) is 0. The molecule has 5 nitrogen and oxygen atoms in total. The van der Waals surface area contributed by atoms with Gasteiger partial charge in [0.15, 0.2) is 0 Å². The molecule has 6 heteroatoms. The molecule has 1 atom stereocenters. The monoisotopic (exact) mass is 326 g/mol. The number of hydrogen-bond donors (Lipinski definition) is 1. The molecule has 19 heavy (non-hydrogen) atoms. The van der Waals surface area contributed by atoms with Gasteiger partial charge >= 0.3 is 0 Å². The van der Waals surface area contributed by atoms with Gasteiger partial charge in [-0.2, -0.15) is 5.10 Å². The summed E-state index contributed by atoms with van der Waals surface area (Å²) in [6.45, 7) is 6.00. The number of allylic oxidation sites excluding steroid dienone is 1. The number of nitrogens with zero attached hydrogens (tertiary/aromatic N) is 3. The van der Waals surface area contributed by atoms with E-state index in [1.54, 1.807) is 12.3 Å². The summed E-state index contributed by atoms with van der Waals surface area (Å²) in [7, 11) is 1.99. The Bertz CT molecular complexity index is 508. The molecule has 0 spiro atoms. The van der Waals surface area contributed by atoms with Gasteiger partial charge in [0.2, 0.25) is 0 Å². The van der Waals surface area contributed by atoms with Crippen molar-refractivity contribution in [3.8, 4) is 0 Å². The third-order valence-corrected chi connectivity index (χ3v) is 4.08. The summed E-state index contributed by atoms with van der Waals surface area (Å²) >= 11 is 3.38. The van der Waals surface area contributed by atoms with Crippen LogP contribution >= 0.6 is 15.9 Å². The molecule has 1 unspecified atom stereocenters. The molecule has 1 aromatic rings. The summed E-state index contributed by atoms with van der Waals surface area (Å²) < 4.78 is 1.95. The maximum Gasteiger partial charge on any atom is 0.283 e. The van der Waals surface area contributed by atoms with Crippen molar-refractivity contribution in [2.75, 3.05) is 25.0 Å². The van der Waals surface area contributed by atoms with E-state index in [-0.39, 0.29) is 5.56 Å². The minimum Gasteiger partial charge on any atom is -0.371 e. The van der Waals surface area contributed by atoms with Gasteiger partial charge in [0.25, 0.3) is 5.56 Å². The maximum absolute atomic E-state index is 12.1. The zero-order valence-corrected chi connectivity index (χ0v) is 12.7. The lowest BCUT2D eigenvalue weighted by molar-refractivity contribution is 0.594. The Morgan fingerprint density at radius 3 is 3.16 bits per heavy atom. The number of hydrogen-bond acceptors (Lipinski definition) is 4. The maximum atomic E-state index is 12.1. The average Bonchev–Trinajstić information content (AvgIpc) is 2.88. The van der Waals surface area contributed by atoms with Crippen LogP contribution in [0.1, 0.15) is 12.8 Å². The fourth-order valence-electron chi connectivity index (χ4n) is 2.32. The second-order valence-corrected chi connectivity index (χ2v) is 5.59. The first-order chi connectivity index (χ1) is 9.13. The Hall–Kier alpha value is -1.14. The predicted molar refractivity (Wildman–Crippen MR) is 80.7 cm³/mol. The van der Waals surface area contributed by atoms with Gasteiger partial charge in [0, 0.05) is 19.6 Å². The molecule has 104 valence electrons. The van der Waals surface area contributed by atoms with Crippen molar-refractivity contribution in [2.24, 2.45) is 0 Å². The van der Waals surface area contributed by atoms with Gasteiger partial charge in [-0.25, -0.2) is 4.68 Å². The molecule has 0 aromatic carbocycles. The number of halogens is 1. The molecular formula is C13H19BrN4O. The summed E-state index contributed by atoms with van der Waals surface area (Å²) in [6, 6.07) is 0.493. The highest BCUT2D eigenvalue weighted by Gasteiger charge is 2.18. The summed E-state index contributed by atoms with van der Waals surface area (Å²) in [5, 5.41) is 7.61. The van der Waals surface area contributed by atoms with Gasteiger partial charge < -0.3 is 10.2 Å². The molecule has 2 heterocycles. The fourth-order valence-corrected chi connectivity index (χ4v) is 2.93. The van der Waals surface area contributed by atoms with Crippen LogP contribution in [-0.4, -0.2) is 36.0 Å². The topological polar surface area (TPSA) is 50.2 Å². The van der Waals surface area contributed by atoms with Crippen LogP contribution in [0.2, 0.25) is 0 Å². The molecule has 0 radical (unpaired) electrons. The van der Waals surface area contributed by atoms with Crippen LogP contribution in [-0.2, 0) is 6.54 Å². The highest BCUT2D eigenvalue weighted by atomic mass is 79.9. The first-order valence-corrected chi connectivity index (χ1v) is 7.24. The summed E-state index contributed by atoms with van der Waals surface area (Å²) in [4.78, 5) is 14.2. The summed E-state index contributed by atoms with van der Waals surface area (Å²) in [6.07, 6.45) is 5.79. The molecule has 2 rings (SSSR count). The predicted octanol–water partition coefficient (Wildman–Crippen LogP) is 1.38. The van der Waals surface area contributed by atoms with Crippen molar-refractivity contribution in [2.45, 2.75) is 25.4 Å². The lowest BCUT2D eigenvalue weighted by atomic mass is 10.2. The second kappa shape index (κ2) is 6.34. The Kier molecular flexibility index (Phi) is 4.76. The van der Waals surface area contributed by atoms with E-state index in [9.17, 15) is 4.79 Å². The molecule has 0 amide bonds. The minimum absolute atomic E-state index is 0.122. The number of rotatable bonds is 5. The smallest absolute Gasteiger partial charge is 0.283 e. The van der Waals surface area contributed by atoms with Crippen LogP contribution in [0.3, 0.4) is 0 Å². The van der Waals surface area contributed by atoms with Gasteiger partial charge in [-0.3, -0.25) is 4.79 Å². The first-order valence-electron chi connectivity index (χ1n) is 6.44. The van der Waals surface area contributed by atoms with E-state index in [4.69, 9.17) is 0 Å². The fraction of sp³-hybridized carbons (Fsp3) is 0.538. The standard InChI is InChI=1S/C13H19BrN4O/c1-3-7-18-13(19)12(14)11(8-16-18)17(2)9-10-5-4-6-15-10/h3,8,10,15H,1,4-7,9H2,2H3. The number of anilines is 1. The van der Waals surface area contributed by atoms with E-state index in [1.165, 1.54) is 17.5 Å². The van der Waals surface area contributed by atoms with Crippen molar-refractivity contribution < 1.29 is 0 Å². The van der Waals surface area contributed by atoms with Crippen molar-refractivity contribution in [1.82, 2.24) is 15.1 Å². The van der Waals surface area contributed by atoms with Crippen molar-refractivity contribution >= 4 is 21.6 Å². The highest BCUT2D eigenvalue weighted by Crippen LogP contribution is 2.21. The minimum atomic E-state index is -0.122. The Morgan fingerprint density at radius 2 is 2.53 bits per heavy atom. The molecule has 1 aliphatic heterocycles. The number of aromatic nitrogens is 2. The molecule has 1 aliphatic rings. The molecule has 0 saturated carbocycles. The van der Waals surface area contributed by atoms with Crippen LogP contribution in [0.25, 0.3) is 0 Å². The van der Waals surface area contributed by atoms with Gasteiger partial charge in [-0.15, -0.1) is 6.58 Å². The zero-order chi connectivity index (χ0) is 13.8. The lowest BCUT2D eigenvalue weighted by Crippen LogP contribution is -2.36. The van der Waals surface area contributed by atoms with E-state index >= 15 is 0 Å². The Labute approximate surface area is 121 Å². The van der Waals surface area contributed by atoms with Crippen LogP contribution in [0.5, 0.6) is 0 Å². The normalized spacial score (nSPS) is 18.5. The molecular weight excluding hydrogens is 308 g/mol. The van der Waals surface area contributed by atoms with Crippen molar-refractivity contribution in [1.29, 1.82) is 0 Å². The first kappa shape index (κ1) is 14.3. The van der Waals surface area contributed by atoms with Crippen molar-refractivity contribution in [3.05, 3.63) is 33.7 Å². The number of likely N-dealkylation sites (N-methyl/N-ethyl adjacent to an activating group) is 1. The van der Waals surface area contributed by atoms with Crippen molar-refractivity contribution in [3.63, 3.8) is 0 Å². The molecule has 0 aliphatic carbocycles. The molecule has 1 aromatic heterocycles. The Balaban J connectivity index is 2.17. The number of nitrogens with one attached hydrogen (secondary N) is 1. The van der Waals surface area contributed by atoms with Crippen LogP contribution in [0.4, 0.5) is 5.69 Å². The van der Waals surface area contributed by atoms with Gasteiger partial charge in [0.05, 0.1) is 18.4 Å². The average molecular weight is 327 g/mol. The van der Waals surface area contributed by atoms with E-state index in [1.807, 2.05) is 7.05 Å². The van der Waals surface area contributed by atoms with E-state index < -0.39 is 0 Å². The highest BCUT2D eigenvalue weighted by molar-refractivity contribution is 9.10.